The lowest BCUT2D eigenvalue weighted by molar-refractivity contribution is 0.219. The number of aryl methyl sites for hydroxylation is 1. The van der Waals surface area contributed by atoms with Gasteiger partial charge >= 0.3 is 0 Å². The summed E-state index contributed by atoms with van der Waals surface area (Å²) in [7, 11) is 0. The minimum atomic E-state index is 0.0734. The zero-order valence-corrected chi connectivity index (χ0v) is 22.5. The van der Waals surface area contributed by atoms with Gasteiger partial charge in [-0.3, -0.25) is 4.40 Å². The van der Waals surface area contributed by atoms with E-state index in [9.17, 15) is 0 Å². The van der Waals surface area contributed by atoms with Gasteiger partial charge in [0.15, 0.2) is 5.65 Å². The van der Waals surface area contributed by atoms with Crippen molar-refractivity contribution >= 4 is 46.5 Å². The zero-order valence-electron chi connectivity index (χ0n) is 20.9. The Bertz CT molecular complexity index is 1460. The molecule has 0 radical (unpaired) electrons. The zero-order chi connectivity index (χ0) is 25.7. The molecule has 192 valence electrons. The summed E-state index contributed by atoms with van der Waals surface area (Å²) in [5.41, 5.74) is 16.8. The summed E-state index contributed by atoms with van der Waals surface area (Å²) in [5.74, 6) is 1.48. The van der Waals surface area contributed by atoms with Gasteiger partial charge in [-0.1, -0.05) is 23.4 Å². The van der Waals surface area contributed by atoms with Crippen molar-refractivity contribution in [3.8, 4) is 0 Å². The summed E-state index contributed by atoms with van der Waals surface area (Å²) in [5, 5.41) is 0.511. The second-order valence-corrected chi connectivity index (χ2v) is 11.5. The van der Waals surface area contributed by atoms with Gasteiger partial charge in [0.25, 0.3) is 0 Å². The molecule has 1 spiro atoms. The maximum Gasteiger partial charge on any atom is 0.211 e. The smallest absolute Gasteiger partial charge is 0.211 e. The van der Waals surface area contributed by atoms with Crippen molar-refractivity contribution in [1.82, 2.24) is 24.3 Å². The van der Waals surface area contributed by atoms with Crippen molar-refractivity contribution in [3.63, 3.8) is 0 Å². The van der Waals surface area contributed by atoms with Gasteiger partial charge in [-0.25, -0.2) is 19.9 Å². The number of nitrogen functional groups attached to an aromatic ring is 1. The maximum atomic E-state index is 6.75. The SMILES string of the molecule is Cc1nc(N2CCC3(CC2)CN(c2ccnc(Cl)c2)C[C@H]3N)n2ccnc2c1Sc1ccnc(N)c1C. The normalized spacial score (nSPS) is 19.3. The largest absolute Gasteiger partial charge is 0.383 e. The van der Waals surface area contributed by atoms with Gasteiger partial charge in [-0.2, -0.15) is 0 Å². The number of piperidine rings is 1. The highest BCUT2D eigenvalue weighted by atomic mass is 35.5. The van der Waals surface area contributed by atoms with Gasteiger partial charge in [0.2, 0.25) is 5.95 Å². The van der Waals surface area contributed by atoms with Crippen LogP contribution in [0.4, 0.5) is 17.5 Å². The van der Waals surface area contributed by atoms with Crippen LogP contribution in [-0.2, 0) is 0 Å². The molecule has 2 aliphatic heterocycles. The van der Waals surface area contributed by atoms with Crippen LogP contribution in [0.3, 0.4) is 0 Å². The van der Waals surface area contributed by atoms with E-state index in [0.717, 1.165) is 77.4 Å². The van der Waals surface area contributed by atoms with Gasteiger partial charge in [-0.15, -0.1) is 0 Å². The fourth-order valence-electron chi connectivity index (χ4n) is 5.61. The Morgan fingerprint density at radius 3 is 2.62 bits per heavy atom. The Kier molecular flexibility index (Phi) is 6.13. The Balaban J connectivity index is 1.24. The molecule has 0 unspecified atom stereocenters. The second kappa shape index (κ2) is 9.34. The van der Waals surface area contributed by atoms with Gasteiger partial charge in [0, 0.05) is 78.6 Å². The molecule has 2 aliphatic rings. The summed E-state index contributed by atoms with van der Waals surface area (Å²) in [6, 6.07) is 6.03. The Labute approximate surface area is 225 Å². The lowest BCUT2D eigenvalue weighted by atomic mass is 9.75. The molecule has 37 heavy (non-hydrogen) atoms. The Morgan fingerprint density at radius 1 is 1.05 bits per heavy atom. The average molecular weight is 536 g/mol. The van der Waals surface area contributed by atoms with Crippen LogP contribution in [0.5, 0.6) is 0 Å². The van der Waals surface area contributed by atoms with Crippen LogP contribution in [0.1, 0.15) is 24.1 Å². The first-order chi connectivity index (χ1) is 17.8. The highest BCUT2D eigenvalue weighted by molar-refractivity contribution is 7.99. The van der Waals surface area contributed by atoms with Crippen molar-refractivity contribution in [3.05, 3.63) is 59.4 Å². The van der Waals surface area contributed by atoms with E-state index in [2.05, 4.69) is 31.1 Å². The van der Waals surface area contributed by atoms with Gasteiger partial charge in [0.1, 0.15) is 11.0 Å². The number of rotatable bonds is 4. The molecule has 1 atom stereocenters. The van der Waals surface area contributed by atoms with Crippen LogP contribution in [0.25, 0.3) is 5.65 Å². The maximum absolute atomic E-state index is 6.75. The minimum absolute atomic E-state index is 0.0734. The molecule has 0 saturated carbocycles. The van der Waals surface area contributed by atoms with Crippen LogP contribution in [0.15, 0.2) is 52.8 Å². The van der Waals surface area contributed by atoms with Crippen LogP contribution < -0.4 is 21.3 Å². The fraction of sp³-hybridized carbons (Fsp3) is 0.385. The van der Waals surface area contributed by atoms with Crippen molar-refractivity contribution in [1.29, 1.82) is 0 Å². The molecular formula is C26H30ClN9S. The third-order valence-corrected chi connectivity index (χ3v) is 9.44. The molecule has 0 aromatic carbocycles. The monoisotopic (exact) mass is 535 g/mol. The van der Waals surface area contributed by atoms with E-state index in [1.807, 2.05) is 37.5 Å². The molecule has 6 heterocycles. The molecule has 0 amide bonds. The molecular weight excluding hydrogens is 506 g/mol. The number of hydrogen-bond acceptors (Lipinski definition) is 9. The Hall–Kier alpha value is -3.08. The number of aromatic nitrogens is 5. The van der Waals surface area contributed by atoms with E-state index in [0.29, 0.717) is 11.0 Å². The van der Waals surface area contributed by atoms with Gasteiger partial charge in [-0.05, 0) is 44.9 Å². The van der Waals surface area contributed by atoms with Crippen molar-refractivity contribution in [2.75, 3.05) is 41.7 Å². The minimum Gasteiger partial charge on any atom is -0.383 e. The Morgan fingerprint density at radius 2 is 1.84 bits per heavy atom. The highest BCUT2D eigenvalue weighted by Crippen LogP contribution is 2.43. The van der Waals surface area contributed by atoms with Crippen LogP contribution in [-0.4, -0.2) is 56.6 Å². The van der Waals surface area contributed by atoms with Crippen LogP contribution >= 0.6 is 23.4 Å². The fourth-order valence-corrected chi connectivity index (χ4v) is 6.82. The summed E-state index contributed by atoms with van der Waals surface area (Å²) in [6.45, 7) is 7.59. The number of anilines is 3. The third-order valence-electron chi connectivity index (χ3n) is 7.89. The second-order valence-electron chi connectivity index (χ2n) is 10.0. The van der Waals surface area contributed by atoms with E-state index in [1.54, 1.807) is 24.2 Å². The first kappa shape index (κ1) is 24.3. The molecule has 4 aromatic rings. The van der Waals surface area contributed by atoms with Crippen molar-refractivity contribution in [2.24, 2.45) is 11.1 Å². The molecule has 0 aliphatic carbocycles. The lowest BCUT2D eigenvalue weighted by Crippen LogP contribution is -2.49. The van der Waals surface area contributed by atoms with E-state index in [4.69, 9.17) is 33.0 Å². The molecule has 6 rings (SSSR count). The predicted octanol–water partition coefficient (Wildman–Crippen LogP) is 3.96. The van der Waals surface area contributed by atoms with Gasteiger partial charge < -0.3 is 21.3 Å². The van der Waals surface area contributed by atoms with E-state index < -0.39 is 0 Å². The number of nitrogens with zero attached hydrogens (tertiary/aromatic N) is 7. The summed E-state index contributed by atoms with van der Waals surface area (Å²) in [4.78, 5) is 24.9. The van der Waals surface area contributed by atoms with E-state index in [1.165, 1.54) is 0 Å². The summed E-state index contributed by atoms with van der Waals surface area (Å²) >= 11 is 7.78. The van der Waals surface area contributed by atoms with E-state index in [-0.39, 0.29) is 11.5 Å². The molecule has 2 fully saturated rings. The first-order valence-corrected chi connectivity index (χ1v) is 13.6. The number of imidazole rings is 1. The number of fused-ring (bicyclic) bond motifs is 1. The van der Waals surface area contributed by atoms with E-state index >= 15 is 0 Å². The lowest BCUT2D eigenvalue weighted by Gasteiger charge is -2.42. The number of pyridine rings is 2. The van der Waals surface area contributed by atoms with Crippen molar-refractivity contribution < 1.29 is 0 Å². The standard InChI is InChI=1S/C26H30ClN9S/c1-16-19(4-8-31-23(16)29)37-22-17(2)33-25(36-12-9-32-24(22)36)34-10-5-26(6-11-34)15-35(14-20(26)28)18-3-7-30-21(27)13-18/h3-4,7-9,12-13,20H,5-6,10-11,14-15,28H2,1-2H3,(H2,29,31)/t20-/m1/s1. The molecule has 4 aromatic heterocycles. The topological polar surface area (TPSA) is 114 Å². The number of nitrogens with two attached hydrogens (primary N) is 2. The first-order valence-electron chi connectivity index (χ1n) is 12.4. The molecule has 4 N–H and O–H groups in total. The molecule has 2 saturated heterocycles. The summed E-state index contributed by atoms with van der Waals surface area (Å²) < 4.78 is 2.10. The molecule has 0 bridgehead atoms. The summed E-state index contributed by atoms with van der Waals surface area (Å²) in [6.07, 6.45) is 9.35. The number of hydrogen-bond donors (Lipinski definition) is 2. The van der Waals surface area contributed by atoms with Crippen molar-refractivity contribution in [2.45, 2.75) is 42.5 Å². The van der Waals surface area contributed by atoms with Crippen LogP contribution in [0, 0.1) is 19.3 Å². The van der Waals surface area contributed by atoms with Gasteiger partial charge in [0.05, 0.1) is 10.6 Å². The predicted molar refractivity (Wildman–Crippen MR) is 149 cm³/mol. The average Bonchev–Trinajstić information content (AvgIpc) is 3.49. The molecule has 9 nitrogen and oxygen atoms in total. The molecule has 11 heteroatoms. The number of halogens is 1. The highest BCUT2D eigenvalue weighted by Gasteiger charge is 2.47. The quantitative estimate of drug-likeness (QED) is 0.375. The third kappa shape index (κ3) is 4.26. The van der Waals surface area contributed by atoms with Crippen LogP contribution in [0.2, 0.25) is 5.15 Å².